The second-order valence-electron chi connectivity index (χ2n) is 5.97. The van der Waals surface area contributed by atoms with Crippen molar-refractivity contribution in [3.8, 4) is 11.1 Å². The molecule has 0 spiro atoms. The van der Waals surface area contributed by atoms with E-state index in [-0.39, 0.29) is 10.8 Å². The van der Waals surface area contributed by atoms with E-state index < -0.39 is 15.6 Å². The zero-order valence-electron chi connectivity index (χ0n) is 13.7. The lowest BCUT2D eigenvalue weighted by Crippen LogP contribution is -2.38. The molecule has 1 unspecified atom stereocenters. The first kappa shape index (κ1) is 17.8. The summed E-state index contributed by atoms with van der Waals surface area (Å²) >= 11 is 1.14. The van der Waals surface area contributed by atoms with E-state index in [1.807, 2.05) is 54.6 Å². The van der Waals surface area contributed by atoms with Crippen LogP contribution in [0.1, 0.15) is 12.5 Å². The SMILES string of the molecule is CC(O)(CNS(=O)(=O)c1cccs1)c1ccc(-c2ccccc2)cc1. The minimum atomic E-state index is -3.60. The highest BCUT2D eigenvalue weighted by atomic mass is 32.2. The Bertz CT molecular complexity index is 917. The number of aliphatic hydroxyl groups is 1. The van der Waals surface area contributed by atoms with Gasteiger partial charge in [0, 0.05) is 6.54 Å². The maximum Gasteiger partial charge on any atom is 0.250 e. The number of hydrogen-bond acceptors (Lipinski definition) is 4. The number of sulfonamides is 1. The summed E-state index contributed by atoms with van der Waals surface area (Å²) in [6.07, 6.45) is 0. The highest BCUT2D eigenvalue weighted by Gasteiger charge is 2.26. The Morgan fingerprint density at radius 3 is 2.20 bits per heavy atom. The predicted molar refractivity (Wildman–Crippen MR) is 101 cm³/mol. The van der Waals surface area contributed by atoms with Crippen LogP contribution in [-0.2, 0) is 15.6 Å². The molecule has 6 heteroatoms. The minimum absolute atomic E-state index is 0.0993. The van der Waals surface area contributed by atoms with Crippen molar-refractivity contribution < 1.29 is 13.5 Å². The average Bonchev–Trinajstić information content (AvgIpc) is 3.17. The summed E-state index contributed by atoms with van der Waals surface area (Å²) < 4.78 is 27.1. The van der Waals surface area contributed by atoms with Gasteiger partial charge in [0.1, 0.15) is 9.81 Å². The number of nitrogens with one attached hydrogen (secondary N) is 1. The molecule has 0 saturated heterocycles. The van der Waals surface area contributed by atoms with Crippen LogP contribution in [0.4, 0.5) is 0 Å². The Morgan fingerprint density at radius 1 is 0.960 bits per heavy atom. The minimum Gasteiger partial charge on any atom is -0.384 e. The second kappa shape index (κ2) is 7.09. The van der Waals surface area contributed by atoms with Crippen LogP contribution in [0.5, 0.6) is 0 Å². The molecule has 0 amide bonds. The number of rotatable bonds is 6. The van der Waals surface area contributed by atoms with Crippen LogP contribution < -0.4 is 4.72 Å². The van der Waals surface area contributed by atoms with Gasteiger partial charge in [-0.1, -0.05) is 60.7 Å². The van der Waals surface area contributed by atoms with Crippen molar-refractivity contribution in [1.29, 1.82) is 0 Å². The monoisotopic (exact) mass is 373 g/mol. The molecule has 1 aromatic heterocycles. The molecule has 4 nitrogen and oxygen atoms in total. The van der Waals surface area contributed by atoms with Crippen LogP contribution in [-0.4, -0.2) is 20.1 Å². The van der Waals surface area contributed by atoms with Gasteiger partial charge in [-0.3, -0.25) is 0 Å². The molecule has 1 heterocycles. The molecule has 1 atom stereocenters. The number of thiophene rings is 1. The van der Waals surface area contributed by atoms with Gasteiger partial charge >= 0.3 is 0 Å². The van der Waals surface area contributed by atoms with Gasteiger partial charge in [0.05, 0.1) is 0 Å². The first-order chi connectivity index (χ1) is 11.9. The predicted octanol–water partition coefficient (Wildman–Crippen LogP) is 3.60. The molecule has 2 aromatic carbocycles. The van der Waals surface area contributed by atoms with Crippen molar-refractivity contribution in [1.82, 2.24) is 4.72 Å². The Labute approximate surface area is 151 Å². The smallest absolute Gasteiger partial charge is 0.250 e. The Morgan fingerprint density at radius 2 is 1.60 bits per heavy atom. The number of benzene rings is 2. The zero-order valence-corrected chi connectivity index (χ0v) is 15.3. The maximum atomic E-state index is 12.2. The summed E-state index contributed by atoms with van der Waals surface area (Å²) in [4.78, 5) is 0. The fourth-order valence-corrected chi connectivity index (χ4v) is 4.65. The van der Waals surface area contributed by atoms with E-state index in [1.54, 1.807) is 18.4 Å². The fraction of sp³-hybridized carbons (Fsp3) is 0.158. The van der Waals surface area contributed by atoms with Crippen molar-refractivity contribution >= 4 is 21.4 Å². The van der Waals surface area contributed by atoms with E-state index in [9.17, 15) is 13.5 Å². The molecule has 0 bridgehead atoms. The van der Waals surface area contributed by atoms with Gasteiger partial charge in [0.25, 0.3) is 0 Å². The van der Waals surface area contributed by atoms with Crippen LogP contribution in [0.15, 0.2) is 76.3 Å². The molecule has 0 aliphatic heterocycles. The first-order valence-electron chi connectivity index (χ1n) is 7.80. The van der Waals surface area contributed by atoms with Gasteiger partial charge in [-0.2, -0.15) is 0 Å². The summed E-state index contributed by atoms with van der Waals surface area (Å²) in [6.45, 7) is 1.50. The van der Waals surface area contributed by atoms with E-state index >= 15 is 0 Å². The normalized spacial score (nSPS) is 14.2. The van der Waals surface area contributed by atoms with Crippen LogP contribution in [0, 0.1) is 0 Å². The summed E-state index contributed by atoms with van der Waals surface area (Å²) in [6, 6.07) is 20.6. The van der Waals surface area contributed by atoms with Crippen LogP contribution in [0.3, 0.4) is 0 Å². The van der Waals surface area contributed by atoms with Crippen molar-refractivity contribution in [2.24, 2.45) is 0 Å². The van der Waals surface area contributed by atoms with Gasteiger partial charge in [0.2, 0.25) is 10.0 Å². The maximum absolute atomic E-state index is 12.2. The van der Waals surface area contributed by atoms with E-state index in [2.05, 4.69) is 4.72 Å². The van der Waals surface area contributed by atoms with Crippen LogP contribution in [0.2, 0.25) is 0 Å². The third kappa shape index (κ3) is 4.16. The summed E-state index contributed by atoms with van der Waals surface area (Å²) in [5, 5.41) is 12.4. The van der Waals surface area contributed by atoms with Crippen molar-refractivity contribution in [2.45, 2.75) is 16.7 Å². The van der Waals surface area contributed by atoms with Gasteiger partial charge < -0.3 is 5.11 Å². The molecule has 25 heavy (non-hydrogen) atoms. The molecule has 130 valence electrons. The Balaban J connectivity index is 1.74. The third-order valence-electron chi connectivity index (χ3n) is 3.98. The zero-order chi connectivity index (χ0) is 17.9. The molecule has 0 fully saturated rings. The third-order valence-corrected chi connectivity index (χ3v) is 6.78. The highest BCUT2D eigenvalue weighted by Crippen LogP contribution is 2.25. The largest absolute Gasteiger partial charge is 0.384 e. The lowest BCUT2D eigenvalue weighted by molar-refractivity contribution is 0.0628. The average molecular weight is 373 g/mol. The summed E-state index contributed by atoms with van der Waals surface area (Å²) in [7, 11) is -3.60. The quantitative estimate of drug-likeness (QED) is 0.694. The van der Waals surface area contributed by atoms with E-state index in [0.717, 1.165) is 22.5 Å². The molecule has 3 rings (SSSR count). The highest BCUT2D eigenvalue weighted by molar-refractivity contribution is 7.91. The van der Waals surface area contributed by atoms with Crippen molar-refractivity contribution in [3.63, 3.8) is 0 Å². The summed E-state index contributed by atoms with van der Waals surface area (Å²) in [5.41, 5.74) is 1.48. The lowest BCUT2D eigenvalue weighted by Gasteiger charge is -2.24. The van der Waals surface area contributed by atoms with Gasteiger partial charge in [-0.15, -0.1) is 11.3 Å². The molecule has 0 radical (unpaired) electrons. The van der Waals surface area contributed by atoms with Gasteiger partial charge in [0.15, 0.2) is 0 Å². The first-order valence-corrected chi connectivity index (χ1v) is 10.2. The standard InChI is InChI=1S/C19H19NO3S2/c1-19(21,14-20-25(22,23)18-8-5-13-24-18)17-11-9-16(10-12-17)15-6-3-2-4-7-15/h2-13,20-21H,14H2,1H3. The molecular weight excluding hydrogens is 354 g/mol. The van der Waals surface area contributed by atoms with Gasteiger partial charge in [-0.05, 0) is 35.1 Å². The van der Waals surface area contributed by atoms with Crippen LogP contribution in [0.25, 0.3) is 11.1 Å². The summed E-state index contributed by atoms with van der Waals surface area (Å²) in [5.74, 6) is 0. The van der Waals surface area contributed by atoms with Crippen molar-refractivity contribution in [3.05, 3.63) is 77.7 Å². The fourth-order valence-electron chi connectivity index (χ4n) is 2.48. The van der Waals surface area contributed by atoms with E-state index in [1.165, 1.54) is 6.07 Å². The molecule has 0 aliphatic carbocycles. The molecule has 2 N–H and O–H groups in total. The molecule has 3 aromatic rings. The lowest BCUT2D eigenvalue weighted by atomic mass is 9.94. The van der Waals surface area contributed by atoms with Gasteiger partial charge in [-0.25, -0.2) is 13.1 Å². The number of hydrogen-bond donors (Lipinski definition) is 2. The molecular formula is C19H19NO3S2. The van der Waals surface area contributed by atoms with E-state index in [0.29, 0.717) is 5.56 Å². The van der Waals surface area contributed by atoms with E-state index in [4.69, 9.17) is 0 Å². The Kier molecular flexibility index (Phi) is 5.06. The molecule has 0 saturated carbocycles. The van der Waals surface area contributed by atoms with Crippen LogP contribution >= 0.6 is 11.3 Å². The topological polar surface area (TPSA) is 66.4 Å². The second-order valence-corrected chi connectivity index (χ2v) is 8.92. The molecule has 0 aliphatic rings. The Hall–Kier alpha value is -1.99. The van der Waals surface area contributed by atoms with Crippen molar-refractivity contribution in [2.75, 3.05) is 6.54 Å².